The Hall–Kier alpha value is -0.970. The van der Waals surface area contributed by atoms with E-state index in [2.05, 4.69) is 5.32 Å². The molecule has 1 rings (SSSR count). The molecule has 2 atom stereocenters. The maximum absolute atomic E-state index is 13.5. The van der Waals surface area contributed by atoms with Gasteiger partial charge in [-0.25, -0.2) is 4.39 Å². The fraction of sp³-hybridized carbons (Fsp3) is 0.600. The molecule has 4 heteroatoms. The number of rotatable bonds is 7. The van der Waals surface area contributed by atoms with Crippen LogP contribution in [-0.4, -0.2) is 31.0 Å². The number of nitrogens with one attached hydrogen (secondary N) is 1. The van der Waals surface area contributed by atoms with Gasteiger partial charge in [0.1, 0.15) is 5.82 Å². The molecule has 0 aliphatic rings. The van der Waals surface area contributed by atoms with Crippen molar-refractivity contribution < 1.29 is 14.2 Å². The molecule has 0 aliphatic heterocycles. The maximum Gasteiger partial charge on any atom is 0.126 e. The second kappa shape index (κ2) is 6.98. The third-order valence-corrected chi connectivity index (χ3v) is 3.33. The number of benzene rings is 1. The highest BCUT2D eigenvalue weighted by Crippen LogP contribution is 2.17. The minimum Gasteiger partial charge on any atom is -0.389 e. The second-order valence-corrected chi connectivity index (χ2v) is 5.35. The molecule has 2 unspecified atom stereocenters. The van der Waals surface area contributed by atoms with Gasteiger partial charge < -0.3 is 15.2 Å². The zero-order valence-electron chi connectivity index (χ0n) is 12.2. The Morgan fingerprint density at radius 1 is 1.47 bits per heavy atom. The van der Waals surface area contributed by atoms with Crippen LogP contribution in [0.25, 0.3) is 0 Å². The van der Waals surface area contributed by atoms with Crippen LogP contribution in [0.4, 0.5) is 4.39 Å². The summed E-state index contributed by atoms with van der Waals surface area (Å²) in [6.45, 7) is 6.42. The van der Waals surface area contributed by atoms with Crippen LogP contribution in [0.1, 0.15) is 37.4 Å². The third-order valence-electron chi connectivity index (χ3n) is 3.33. The van der Waals surface area contributed by atoms with Crippen molar-refractivity contribution in [1.82, 2.24) is 5.32 Å². The molecular formula is C15H24FNO2. The van der Waals surface area contributed by atoms with E-state index in [1.807, 2.05) is 13.0 Å². The fourth-order valence-electron chi connectivity index (χ4n) is 1.78. The summed E-state index contributed by atoms with van der Waals surface area (Å²) in [7, 11) is 1.61. The Bertz CT molecular complexity index is 407. The molecule has 0 heterocycles. The zero-order valence-corrected chi connectivity index (χ0v) is 12.2. The van der Waals surface area contributed by atoms with Crippen LogP contribution in [0.2, 0.25) is 0 Å². The first kappa shape index (κ1) is 16.1. The summed E-state index contributed by atoms with van der Waals surface area (Å²) in [5, 5.41) is 13.3. The van der Waals surface area contributed by atoms with Gasteiger partial charge in [0.25, 0.3) is 0 Å². The van der Waals surface area contributed by atoms with Crippen molar-refractivity contribution >= 4 is 0 Å². The van der Waals surface area contributed by atoms with Crippen LogP contribution < -0.4 is 5.32 Å². The van der Waals surface area contributed by atoms with Crippen molar-refractivity contribution in [3.63, 3.8) is 0 Å². The normalized spacial score (nSPS) is 16.1. The third kappa shape index (κ3) is 5.27. The van der Waals surface area contributed by atoms with Gasteiger partial charge in [-0.05, 0) is 38.0 Å². The van der Waals surface area contributed by atoms with Gasteiger partial charge in [0.2, 0.25) is 0 Å². The predicted molar refractivity (Wildman–Crippen MR) is 74.7 cm³/mol. The molecule has 108 valence electrons. The molecule has 19 heavy (non-hydrogen) atoms. The molecule has 0 saturated carbocycles. The molecule has 1 aromatic carbocycles. The molecule has 0 fully saturated rings. The van der Waals surface area contributed by atoms with E-state index in [4.69, 9.17) is 4.74 Å². The van der Waals surface area contributed by atoms with Gasteiger partial charge >= 0.3 is 0 Å². The fourth-order valence-corrected chi connectivity index (χ4v) is 1.78. The minimum absolute atomic E-state index is 0.0101. The molecule has 0 bridgehead atoms. The summed E-state index contributed by atoms with van der Waals surface area (Å²) in [6.07, 6.45) is 0.561. The molecular weight excluding hydrogens is 245 g/mol. The van der Waals surface area contributed by atoms with Crippen LogP contribution in [0.3, 0.4) is 0 Å². The van der Waals surface area contributed by atoms with Crippen LogP contribution in [-0.2, 0) is 4.74 Å². The van der Waals surface area contributed by atoms with E-state index in [0.717, 1.165) is 5.56 Å². The summed E-state index contributed by atoms with van der Waals surface area (Å²) in [5.74, 6) is -0.197. The molecule has 0 radical (unpaired) electrons. The van der Waals surface area contributed by atoms with E-state index in [0.29, 0.717) is 25.1 Å². The molecule has 3 nitrogen and oxygen atoms in total. The van der Waals surface area contributed by atoms with Gasteiger partial charge in [-0.2, -0.15) is 0 Å². The van der Waals surface area contributed by atoms with Crippen molar-refractivity contribution in [3.8, 4) is 0 Å². The molecule has 0 amide bonds. The van der Waals surface area contributed by atoms with Crippen molar-refractivity contribution in [3.05, 3.63) is 35.1 Å². The molecule has 2 N–H and O–H groups in total. The Morgan fingerprint density at radius 2 is 2.16 bits per heavy atom. The van der Waals surface area contributed by atoms with E-state index in [1.165, 1.54) is 6.07 Å². The Kier molecular flexibility index (Phi) is 5.91. The van der Waals surface area contributed by atoms with E-state index in [-0.39, 0.29) is 11.9 Å². The molecule has 0 spiro atoms. The predicted octanol–water partition coefficient (Wildman–Crippen LogP) is 2.57. The highest BCUT2D eigenvalue weighted by atomic mass is 19.1. The summed E-state index contributed by atoms with van der Waals surface area (Å²) in [6, 6.07) is 5.20. The number of aliphatic hydroxyl groups is 1. The lowest BCUT2D eigenvalue weighted by Gasteiger charge is -2.26. The minimum atomic E-state index is -0.826. The van der Waals surface area contributed by atoms with E-state index in [9.17, 15) is 9.50 Å². The number of hydrogen-bond donors (Lipinski definition) is 2. The highest BCUT2D eigenvalue weighted by Gasteiger charge is 2.21. The number of methoxy groups -OCH3 is 1. The average molecular weight is 269 g/mol. The van der Waals surface area contributed by atoms with Crippen LogP contribution in [0, 0.1) is 12.7 Å². The Morgan fingerprint density at radius 3 is 2.74 bits per heavy atom. The van der Waals surface area contributed by atoms with Gasteiger partial charge in [-0.15, -0.1) is 0 Å². The number of ether oxygens (including phenoxy) is 1. The molecule has 1 aromatic rings. The molecule has 0 aliphatic carbocycles. The quantitative estimate of drug-likeness (QED) is 0.799. The molecule has 0 aromatic heterocycles. The first-order valence-electron chi connectivity index (χ1n) is 6.56. The van der Waals surface area contributed by atoms with E-state index >= 15 is 0 Å². The van der Waals surface area contributed by atoms with Gasteiger partial charge in [-0.3, -0.25) is 0 Å². The van der Waals surface area contributed by atoms with Crippen molar-refractivity contribution in [1.29, 1.82) is 0 Å². The monoisotopic (exact) mass is 269 g/mol. The Balaban J connectivity index is 2.54. The summed E-state index contributed by atoms with van der Waals surface area (Å²) >= 11 is 0. The topological polar surface area (TPSA) is 41.5 Å². The second-order valence-electron chi connectivity index (χ2n) is 5.35. The van der Waals surface area contributed by atoms with Crippen LogP contribution in [0.5, 0.6) is 0 Å². The van der Waals surface area contributed by atoms with Crippen LogP contribution >= 0.6 is 0 Å². The zero-order chi connectivity index (χ0) is 14.5. The largest absolute Gasteiger partial charge is 0.389 e. The van der Waals surface area contributed by atoms with Gasteiger partial charge in [0, 0.05) is 32.7 Å². The summed E-state index contributed by atoms with van der Waals surface area (Å²) in [5.41, 5.74) is 0.696. The Labute approximate surface area is 114 Å². The van der Waals surface area contributed by atoms with Crippen LogP contribution in [0.15, 0.2) is 18.2 Å². The smallest absolute Gasteiger partial charge is 0.126 e. The van der Waals surface area contributed by atoms with Crippen molar-refractivity contribution in [2.24, 2.45) is 0 Å². The van der Waals surface area contributed by atoms with Crippen molar-refractivity contribution in [2.45, 2.75) is 38.8 Å². The SMILES string of the molecule is COCCC(C)(O)CNC(C)c1ccc(C)c(F)c1. The lowest BCUT2D eigenvalue weighted by molar-refractivity contribution is 0.0231. The molecule has 0 saturated heterocycles. The van der Waals surface area contributed by atoms with Crippen molar-refractivity contribution in [2.75, 3.05) is 20.3 Å². The summed E-state index contributed by atoms with van der Waals surface area (Å²) in [4.78, 5) is 0. The number of hydrogen-bond acceptors (Lipinski definition) is 3. The summed E-state index contributed by atoms with van der Waals surface area (Å²) < 4.78 is 18.4. The maximum atomic E-state index is 13.5. The highest BCUT2D eigenvalue weighted by molar-refractivity contribution is 5.25. The number of halogens is 1. The van der Waals surface area contributed by atoms with Gasteiger partial charge in [0.15, 0.2) is 0 Å². The first-order chi connectivity index (χ1) is 8.85. The first-order valence-corrected chi connectivity index (χ1v) is 6.56. The standard InChI is InChI=1S/C15H24FNO2/c1-11-5-6-13(9-14(11)16)12(2)17-10-15(3,18)7-8-19-4/h5-6,9,12,17-18H,7-8,10H2,1-4H3. The number of aryl methyl sites for hydroxylation is 1. The lowest BCUT2D eigenvalue weighted by atomic mass is 10.0. The van der Waals surface area contributed by atoms with Gasteiger partial charge in [-0.1, -0.05) is 12.1 Å². The lowest BCUT2D eigenvalue weighted by Crippen LogP contribution is -2.39. The average Bonchev–Trinajstić information content (AvgIpc) is 2.37. The van der Waals surface area contributed by atoms with E-state index in [1.54, 1.807) is 27.0 Å². The van der Waals surface area contributed by atoms with E-state index < -0.39 is 5.60 Å². The van der Waals surface area contributed by atoms with Gasteiger partial charge in [0.05, 0.1) is 5.60 Å².